The van der Waals surface area contributed by atoms with Crippen molar-refractivity contribution in [2.45, 2.75) is 12.2 Å². The van der Waals surface area contributed by atoms with Gasteiger partial charge in [-0.3, -0.25) is 0 Å². The molecule has 2 unspecified atom stereocenters. The minimum absolute atomic E-state index is 0.109. The third-order valence-corrected chi connectivity index (χ3v) is 5.04. The molecule has 0 bridgehead atoms. The van der Waals surface area contributed by atoms with E-state index in [0.717, 1.165) is 22.6 Å². The third kappa shape index (κ3) is 2.93. The quantitative estimate of drug-likeness (QED) is 0.851. The topological polar surface area (TPSA) is 63.3 Å². The van der Waals surface area contributed by atoms with Crippen molar-refractivity contribution >= 4 is 28.3 Å². The molecule has 3 N–H and O–H groups in total. The molecule has 2 aliphatic rings. The normalized spacial score (nSPS) is 21.8. The number of nitrogens with two attached hydrogens (primary N) is 1. The number of nitrogen functional groups attached to an aromatic ring is 1. The number of anilines is 1. The molecule has 2 aromatic rings. The van der Waals surface area contributed by atoms with Gasteiger partial charge in [-0.2, -0.15) is 18.3 Å². The third-order valence-electron chi connectivity index (χ3n) is 4.11. The van der Waals surface area contributed by atoms with E-state index < -0.39 is 11.7 Å². The van der Waals surface area contributed by atoms with Crippen molar-refractivity contribution in [3.8, 4) is 11.3 Å². The van der Waals surface area contributed by atoms with Gasteiger partial charge in [-0.25, -0.2) is 4.98 Å². The zero-order valence-corrected chi connectivity index (χ0v) is 13.6. The summed E-state index contributed by atoms with van der Waals surface area (Å²) in [7, 11) is 0. The summed E-state index contributed by atoms with van der Waals surface area (Å²) in [5.74, 6) is 0.109. The number of alkyl halides is 3. The number of nitrogens with zero attached hydrogens (tertiary/aromatic N) is 2. The molecule has 1 aliphatic heterocycles. The monoisotopic (exact) mass is 362 g/mol. The smallest absolute Gasteiger partial charge is 0.375 e. The van der Waals surface area contributed by atoms with Crippen molar-refractivity contribution in [2.24, 2.45) is 11.0 Å². The molecule has 1 aliphatic carbocycles. The molecule has 4 rings (SSSR count). The molecule has 4 nitrogen and oxygen atoms in total. The van der Waals surface area contributed by atoms with Gasteiger partial charge in [0, 0.05) is 17.7 Å². The molecule has 1 aromatic carbocycles. The van der Waals surface area contributed by atoms with Crippen LogP contribution in [0.2, 0.25) is 0 Å². The van der Waals surface area contributed by atoms with E-state index in [1.54, 1.807) is 6.07 Å². The molecule has 2 heterocycles. The van der Waals surface area contributed by atoms with Crippen LogP contribution in [0.5, 0.6) is 0 Å². The summed E-state index contributed by atoms with van der Waals surface area (Å²) in [6.45, 7) is 0. The number of hydrazone groups is 1. The molecule has 0 saturated heterocycles. The molecule has 8 heteroatoms. The lowest BCUT2D eigenvalue weighted by molar-refractivity contribution is -0.137. The van der Waals surface area contributed by atoms with Crippen LogP contribution in [0.25, 0.3) is 16.8 Å². The molecule has 0 radical (unpaired) electrons. The average Bonchev–Trinajstić information content (AvgIpc) is 3.19. The van der Waals surface area contributed by atoms with Crippen LogP contribution in [-0.4, -0.2) is 17.2 Å². The second-order valence-corrected chi connectivity index (χ2v) is 6.83. The predicted molar refractivity (Wildman–Crippen MR) is 93.0 cm³/mol. The molecular weight excluding hydrogens is 349 g/mol. The zero-order chi connectivity index (χ0) is 17.6. The highest BCUT2D eigenvalue weighted by Gasteiger charge is 2.31. The SMILES string of the molecule is Nc1nc(-c2cccc(C(F)(F)F)c2)c(C2=CC3C=NNC3C=C2)s1. The van der Waals surface area contributed by atoms with Crippen LogP contribution >= 0.6 is 11.3 Å². The summed E-state index contributed by atoms with van der Waals surface area (Å²) in [6, 6.07) is 5.26. The average molecular weight is 362 g/mol. The Morgan fingerprint density at radius 3 is 2.88 bits per heavy atom. The highest BCUT2D eigenvalue weighted by molar-refractivity contribution is 7.17. The lowest BCUT2D eigenvalue weighted by Gasteiger charge is -2.17. The van der Waals surface area contributed by atoms with Gasteiger partial charge < -0.3 is 11.2 Å². The standard InChI is InChI=1S/C17H13F3N4S/c18-17(19,20)12-3-1-2-9(7-12)14-15(25-16(21)23-14)10-4-5-13-11(6-10)8-22-24-13/h1-8,11,13,24H,(H2,21,23). The zero-order valence-electron chi connectivity index (χ0n) is 12.8. The van der Waals surface area contributed by atoms with Crippen LogP contribution in [0.3, 0.4) is 0 Å². The molecule has 0 amide bonds. The first-order chi connectivity index (χ1) is 11.9. The highest BCUT2D eigenvalue weighted by atomic mass is 32.1. The van der Waals surface area contributed by atoms with Crippen molar-refractivity contribution in [2.75, 3.05) is 5.73 Å². The highest BCUT2D eigenvalue weighted by Crippen LogP contribution is 2.39. The fourth-order valence-corrected chi connectivity index (χ4v) is 3.76. The molecular formula is C17H13F3N4S. The Bertz CT molecular complexity index is 911. The van der Waals surface area contributed by atoms with Crippen LogP contribution in [0.4, 0.5) is 18.3 Å². The van der Waals surface area contributed by atoms with E-state index in [9.17, 15) is 13.2 Å². The van der Waals surface area contributed by atoms with Crippen LogP contribution in [0.1, 0.15) is 10.4 Å². The van der Waals surface area contributed by atoms with Gasteiger partial charge in [0.1, 0.15) is 0 Å². The Balaban J connectivity index is 1.78. The Hall–Kier alpha value is -2.61. The van der Waals surface area contributed by atoms with Gasteiger partial charge in [-0.05, 0) is 17.7 Å². The van der Waals surface area contributed by atoms with Gasteiger partial charge in [-0.15, -0.1) is 0 Å². The van der Waals surface area contributed by atoms with Gasteiger partial charge >= 0.3 is 6.18 Å². The molecule has 0 fully saturated rings. The number of nitrogens with one attached hydrogen (secondary N) is 1. The summed E-state index contributed by atoms with van der Waals surface area (Å²) in [6.07, 6.45) is 3.34. The molecule has 128 valence electrons. The number of thiazole rings is 1. The number of allylic oxidation sites excluding steroid dienone is 2. The number of hydrogen-bond donors (Lipinski definition) is 2. The summed E-state index contributed by atoms with van der Waals surface area (Å²) >= 11 is 1.26. The van der Waals surface area contributed by atoms with Gasteiger partial charge in [0.15, 0.2) is 5.13 Å². The van der Waals surface area contributed by atoms with E-state index in [1.165, 1.54) is 17.4 Å². The Kier molecular flexibility index (Phi) is 3.64. The van der Waals surface area contributed by atoms with Crippen LogP contribution in [0.15, 0.2) is 47.6 Å². The number of fused-ring (bicyclic) bond motifs is 1. The summed E-state index contributed by atoms with van der Waals surface area (Å²) in [4.78, 5) is 5.03. The number of halogens is 3. The van der Waals surface area contributed by atoms with E-state index >= 15 is 0 Å². The first-order valence-electron chi connectivity index (χ1n) is 7.55. The number of hydrogen-bond acceptors (Lipinski definition) is 5. The maximum atomic E-state index is 13.0. The Morgan fingerprint density at radius 2 is 2.08 bits per heavy atom. The van der Waals surface area contributed by atoms with Crippen molar-refractivity contribution < 1.29 is 13.2 Å². The van der Waals surface area contributed by atoms with E-state index in [2.05, 4.69) is 15.5 Å². The van der Waals surface area contributed by atoms with E-state index in [0.29, 0.717) is 16.4 Å². The summed E-state index contributed by atoms with van der Waals surface area (Å²) < 4.78 is 39.0. The molecule has 1 aromatic heterocycles. The molecule has 0 spiro atoms. The predicted octanol–water partition coefficient (Wildman–Crippen LogP) is 3.94. The molecule has 0 saturated carbocycles. The van der Waals surface area contributed by atoms with Crippen LogP contribution in [-0.2, 0) is 6.18 Å². The summed E-state index contributed by atoms with van der Waals surface area (Å²) in [5, 5.41) is 4.36. The Labute approximate surface area is 145 Å². The lowest BCUT2D eigenvalue weighted by atomic mass is 9.92. The van der Waals surface area contributed by atoms with Crippen molar-refractivity contribution in [1.82, 2.24) is 10.4 Å². The van der Waals surface area contributed by atoms with E-state index in [-0.39, 0.29) is 12.0 Å². The van der Waals surface area contributed by atoms with Gasteiger partial charge in [0.25, 0.3) is 0 Å². The fraction of sp³-hybridized carbons (Fsp3) is 0.176. The van der Waals surface area contributed by atoms with Gasteiger partial charge in [0.2, 0.25) is 0 Å². The van der Waals surface area contributed by atoms with Crippen LogP contribution in [0, 0.1) is 5.92 Å². The second kappa shape index (κ2) is 5.73. The second-order valence-electron chi connectivity index (χ2n) is 5.80. The van der Waals surface area contributed by atoms with E-state index in [4.69, 9.17) is 5.73 Å². The Morgan fingerprint density at radius 1 is 1.24 bits per heavy atom. The largest absolute Gasteiger partial charge is 0.416 e. The number of aromatic nitrogens is 1. The van der Waals surface area contributed by atoms with Crippen molar-refractivity contribution in [3.63, 3.8) is 0 Å². The van der Waals surface area contributed by atoms with E-state index in [1.807, 2.05) is 24.4 Å². The fourth-order valence-electron chi connectivity index (χ4n) is 2.90. The van der Waals surface area contributed by atoms with Crippen molar-refractivity contribution in [1.29, 1.82) is 0 Å². The van der Waals surface area contributed by atoms with Crippen LogP contribution < -0.4 is 11.2 Å². The molecule has 2 atom stereocenters. The van der Waals surface area contributed by atoms with Crippen molar-refractivity contribution in [3.05, 3.63) is 52.9 Å². The van der Waals surface area contributed by atoms with Gasteiger partial charge in [-0.1, -0.05) is 41.7 Å². The number of rotatable bonds is 2. The maximum Gasteiger partial charge on any atom is 0.416 e. The minimum atomic E-state index is -4.40. The first kappa shape index (κ1) is 15.9. The summed E-state index contributed by atoms with van der Waals surface area (Å²) in [5.41, 5.74) is 9.87. The maximum absolute atomic E-state index is 13.0. The van der Waals surface area contributed by atoms with Gasteiger partial charge in [0.05, 0.1) is 22.2 Å². The number of benzene rings is 1. The first-order valence-corrected chi connectivity index (χ1v) is 8.36. The minimum Gasteiger partial charge on any atom is -0.375 e. The lowest BCUT2D eigenvalue weighted by Crippen LogP contribution is -2.25. The molecule has 25 heavy (non-hydrogen) atoms.